The first-order valence-electron chi connectivity index (χ1n) is 9.29. The molecule has 0 spiro atoms. The van der Waals surface area contributed by atoms with E-state index in [1.165, 1.54) is 11.3 Å². The quantitative estimate of drug-likeness (QED) is 0.733. The Morgan fingerprint density at radius 1 is 1.30 bits per heavy atom. The molecule has 2 aromatic rings. The minimum absolute atomic E-state index is 0.0393. The number of rotatable bonds is 5. The third kappa shape index (κ3) is 3.43. The molecule has 0 saturated heterocycles. The number of nitrogens with zero attached hydrogens (tertiary/aromatic N) is 2. The van der Waals surface area contributed by atoms with E-state index in [0.717, 1.165) is 24.2 Å². The van der Waals surface area contributed by atoms with E-state index < -0.39 is 0 Å². The van der Waals surface area contributed by atoms with Crippen LogP contribution in [0.2, 0.25) is 0 Å². The van der Waals surface area contributed by atoms with Crippen molar-refractivity contribution in [2.45, 2.75) is 45.1 Å². The van der Waals surface area contributed by atoms with Crippen molar-refractivity contribution >= 4 is 28.3 Å². The topological polar surface area (TPSA) is 68.7 Å². The molecule has 0 N–H and O–H groups in total. The van der Waals surface area contributed by atoms with Crippen LogP contribution >= 0.6 is 11.3 Å². The van der Waals surface area contributed by atoms with Gasteiger partial charge in [0.1, 0.15) is 10.6 Å². The maximum absolute atomic E-state index is 13.5. The first-order valence-corrected chi connectivity index (χ1v) is 10.1. The van der Waals surface area contributed by atoms with Gasteiger partial charge in [0.15, 0.2) is 5.13 Å². The number of hydrogen-bond acceptors (Lipinski definition) is 6. The van der Waals surface area contributed by atoms with Crippen LogP contribution in [0, 0.1) is 6.92 Å². The number of thiazole rings is 1. The van der Waals surface area contributed by atoms with Crippen molar-refractivity contribution in [3.63, 3.8) is 0 Å². The van der Waals surface area contributed by atoms with E-state index in [2.05, 4.69) is 4.98 Å². The summed E-state index contributed by atoms with van der Waals surface area (Å²) in [5.74, 6) is 0.196. The highest BCUT2D eigenvalue weighted by Crippen LogP contribution is 2.41. The average Bonchev–Trinajstić information content (AvgIpc) is 3.43. The summed E-state index contributed by atoms with van der Waals surface area (Å²) in [5, 5.41) is 0.590. The Balaban J connectivity index is 1.66. The number of esters is 1. The van der Waals surface area contributed by atoms with E-state index in [4.69, 9.17) is 9.47 Å². The van der Waals surface area contributed by atoms with Gasteiger partial charge in [-0.05, 0) is 39.2 Å². The largest absolute Gasteiger partial charge is 0.493 e. The molecule has 1 atom stereocenters. The number of ether oxygens (including phenoxy) is 2. The second-order valence-corrected chi connectivity index (χ2v) is 7.78. The summed E-state index contributed by atoms with van der Waals surface area (Å²) in [6.45, 7) is 4.40. The zero-order valence-corrected chi connectivity index (χ0v) is 16.3. The number of aromatic nitrogens is 1. The lowest BCUT2D eigenvalue weighted by Gasteiger charge is -2.29. The number of para-hydroxylation sites is 1. The Kier molecular flexibility index (Phi) is 4.86. The monoisotopic (exact) mass is 386 g/mol. The predicted octanol–water partition coefficient (Wildman–Crippen LogP) is 3.69. The minimum atomic E-state index is -0.377. The van der Waals surface area contributed by atoms with E-state index in [1.54, 1.807) is 18.7 Å². The summed E-state index contributed by atoms with van der Waals surface area (Å²) >= 11 is 1.25. The zero-order chi connectivity index (χ0) is 19.0. The summed E-state index contributed by atoms with van der Waals surface area (Å²) in [7, 11) is 0. The molecule has 1 aliphatic carbocycles. The third-order valence-corrected chi connectivity index (χ3v) is 6.00. The SMILES string of the molecule is CCOC(=O)c1sc(N(C(=O)C2CCOc3ccccc32)C2CC2)nc1C. The van der Waals surface area contributed by atoms with Gasteiger partial charge in [-0.3, -0.25) is 9.69 Å². The Hall–Kier alpha value is -2.41. The number of hydrogen-bond donors (Lipinski definition) is 0. The van der Waals surface area contributed by atoms with E-state index in [-0.39, 0.29) is 23.8 Å². The second kappa shape index (κ2) is 7.31. The third-order valence-electron chi connectivity index (χ3n) is 4.86. The minimum Gasteiger partial charge on any atom is -0.493 e. The summed E-state index contributed by atoms with van der Waals surface area (Å²) in [6.07, 6.45) is 2.57. The summed E-state index contributed by atoms with van der Waals surface area (Å²) in [4.78, 5) is 32.4. The van der Waals surface area contributed by atoms with E-state index in [9.17, 15) is 9.59 Å². The van der Waals surface area contributed by atoms with Gasteiger partial charge in [0.25, 0.3) is 0 Å². The molecule has 1 fully saturated rings. The van der Waals surface area contributed by atoms with Crippen LogP contribution in [0.3, 0.4) is 0 Å². The van der Waals surface area contributed by atoms with Crippen LogP contribution in [-0.4, -0.2) is 36.1 Å². The molecule has 6 nitrogen and oxygen atoms in total. The molecule has 27 heavy (non-hydrogen) atoms. The fourth-order valence-electron chi connectivity index (χ4n) is 3.40. The van der Waals surface area contributed by atoms with E-state index in [0.29, 0.717) is 35.3 Å². The van der Waals surface area contributed by atoms with Crippen LogP contribution in [0.5, 0.6) is 5.75 Å². The smallest absolute Gasteiger partial charge is 0.350 e. The Morgan fingerprint density at radius 2 is 2.07 bits per heavy atom. The summed E-state index contributed by atoms with van der Waals surface area (Å²) in [6, 6.07) is 7.87. The van der Waals surface area contributed by atoms with Crippen molar-refractivity contribution in [2.24, 2.45) is 0 Å². The Bertz CT molecular complexity index is 875. The Morgan fingerprint density at radius 3 is 2.81 bits per heavy atom. The fraction of sp³-hybridized carbons (Fsp3) is 0.450. The van der Waals surface area contributed by atoms with Crippen LogP contribution in [0.25, 0.3) is 0 Å². The first-order chi connectivity index (χ1) is 13.1. The summed E-state index contributed by atoms with van der Waals surface area (Å²) in [5.41, 5.74) is 1.54. The van der Waals surface area contributed by atoms with Gasteiger partial charge in [0.05, 0.1) is 24.8 Å². The zero-order valence-electron chi connectivity index (χ0n) is 15.4. The highest BCUT2D eigenvalue weighted by Gasteiger charge is 2.41. The van der Waals surface area contributed by atoms with Gasteiger partial charge in [-0.15, -0.1) is 0 Å². The number of carbonyl (C=O) groups is 2. The van der Waals surface area contributed by atoms with Crippen LogP contribution in [0.1, 0.15) is 53.0 Å². The number of aryl methyl sites for hydroxylation is 1. The summed E-state index contributed by atoms with van der Waals surface area (Å²) < 4.78 is 10.8. The maximum Gasteiger partial charge on any atom is 0.350 e. The van der Waals surface area contributed by atoms with Crippen molar-refractivity contribution < 1.29 is 19.1 Å². The normalized spacial score (nSPS) is 18.4. The van der Waals surface area contributed by atoms with Gasteiger partial charge in [-0.25, -0.2) is 9.78 Å². The predicted molar refractivity (Wildman–Crippen MR) is 103 cm³/mol. The van der Waals surface area contributed by atoms with Crippen LogP contribution < -0.4 is 9.64 Å². The molecule has 1 amide bonds. The second-order valence-electron chi connectivity index (χ2n) is 6.80. The van der Waals surface area contributed by atoms with E-state index >= 15 is 0 Å². The average molecular weight is 386 g/mol. The van der Waals surface area contributed by atoms with Crippen LogP contribution in [-0.2, 0) is 9.53 Å². The van der Waals surface area contributed by atoms with Crippen molar-refractivity contribution in [3.8, 4) is 5.75 Å². The molecule has 2 aliphatic rings. The van der Waals surface area contributed by atoms with Gasteiger partial charge in [-0.1, -0.05) is 29.5 Å². The first kappa shape index (κ1) is 18.0. The molecule has 7 heteroatoms. The molecule has 0 radical (unpaired) electrons. The molecule has 142 valence electrons. The molecular weight excluding hydrogens is 364 g/mol. The molecular formula is C20H22N2O4S. The molecule has 4 rings (SSSR count). The number of amides is 1. The molecule has 1 aromatic carbocycles. The van der Waals surface area contributed by atoms with Gasteiger partial charge in [0.2, 0.25) is 5.91 Å². The van der Waals surface area contributed by atoms with Crippen LogP contribution in [0.15, 0.2) is 24.3 Å². The van der Waals surface area contributed by atoms with Gasteiger partial charge < -0.3 is 9.47 Å². The van der Waals surface area contributed by atoms with E-state index in [1.807, 2.05) is 24.3 Å². The number of carbonyl (C=O) groups excluding carboxylic acids is 2. The molecule has 1 unspecified atom stereocenters. The standard InChI is InChI=1S/C20H22N2O4S/c1-3-25-19(24)17-12(2)21-20(27-17)22(13-8-9-13)18(23)15-10-11-26-16-7-5-4-6-14(15)16/h4-7,13,15H,3,8-11H2,1-2H3. The molecule has 1 saturated carbocycles. The van der Waals surface area contributed by atoms with Crippen molar-refractivity contribution in [3.05, 3.63) is 40.4 Å². The Labute approximate surface area is 162 Å². The number of fused-ring (bicyclic) bond motifs is 1. The number of benzene rings is 1. The van der Waals surface area contributed by atoms with Gasteiger partial charge in [0, 0.05) is 11.6 Å². The highest BCUT2D eigenvalue weighted by molar-refractivity contribution is 7.17. The lowest BCUT2D eigenvalue weighted by atomic mass is 9.92. The molecule has 1 aromatic heterocycles. The maximum atomic E-state index is 13.5. The van der Waals surface area contributed by atoms with Gasteiger partial charge in [-0.2, -0.15) is 0 Å². The lowest BCUT2D eigenvalue weighted by molar-refractivity contribution is -0.120. The van der Waals surface area contributed by atoms with Crippen molar-refractivity contribution in [1.29, 1.82) is 0 Å². The van der Waals surface area contributed by atoms with Gasteiger partial charge >= 0.3 is 5.97 Å². The van der Waals surface area contributed by atoms with Crippen molar-refractivity contribution in [1.82, 2.24) is 4.98 Å². The molecule has 2 heterocycles. The number of anilines is 1. The fourth-order valence-corrected chi connectivity index (χ4v) is 4.44. The highest BCUT2D eigenvalue weighted by atomic mass is 32.1. The van der Waals surface area contributed by atoms with Crippen LogP contribution in [0.4, 0.5) is 5.13 Å². The van der Waals surface area contributed by atoms with Crippen molar-refractivity contribution in [2.75, 3.05) is 18.1 Å². The molecule has 1 aliphatic heterocycles. The molecule has 0 bridgehead atoms. The lowest BCUT2D eigenvalue weighted by Crippen LogP contribution is -2.38.